The van der Waals surface area contributed by atoms with Crippen LogP contribution in [0.5, 0.6) is 0 Å². The number of aromatic nitrogens is 5. The normalized spacial score (nSPS) is 15.1. The molecule has 2 amide bonds. The molecule has 5 aromatic rings. The van der Waals surface area contributed by atoms with Gasteiger partial charge in [0.25, 0.3) is 11.8 Å². The second-order valence-electron chi connectivity index (χ2n) is 9.92. The average molecular weight is 618 g/mol. The van der Waals surface area contributed by atoms with Gasteiger partial charge < -0.3 is 14.7 Å². The first kappa shape index (κ1) is 26.6. The van der Waals surface area contributed by atoms with E-state index in [0.717, 1.165) is 15.9 Å². The third-order valence-electron chi connectivity index (χ3n) is 7.17. The molecule has 10 nitrogen and oxygen atoms in total. The summed E-state index contributed by atoms with van der Waals surface area (Å²) < 4.78 is 24.3. The van der Waals surface area contributed by atoms with E-state index in [1.54, 1.807) is 30.2 Å². The quantitative estimate of drug-likeness (QED) is 0.258. The summed E-state index contributed by atoms with van der Waals surface area (Å²) in [5, 5.41) is 15.2. The van der Waals surface area contributed by atoms with Gasteiger partial charge in [0.1, 0.15) is 23.3 Å². The molecule has 208 valence electrons. The highest BCUT2D eigenvalue weighted by Crippen LogP contribution is 2.31. The number of carbonyl (C=O) groups excluding carboxylic acids is 2. The van der Waals surface area contributed by atoms with Gasteiger partial charge >= 0.3 is 0 Å². The van der Waals surface area contributed by atoms with Crippen LogP contribution in [0.1, 0.15) is 40.0 Å². The van der Waals surface area contributed by atoms with Gasteiger partial charge in [-0.15, -0.1) is 5.10 Å². The van der Waals surface area contributed by atoms with Gasteiger partial charge in [-0.05, 0) is 75.7 Å². The summed E-state index contributed by atoms with van der Waals surface area (Å²) in [6.07, 6.45) is 2.10. The lowest BCUT2D eigenvalue weighted by Gasteiger charge is -2.16. The zero-order valence-corrected chi connectivity index (χ0v) is 24.0. The molecule has 1 N–H and O–H groups in total. The molecule has 1 aliphatic heterocycles. The van der Waals surface area contributed by atoms with Crippen LogP contribution in [0.4, 0.5) is 15.8 Å². The van der Waals surface area contributed by atoms with Crippen molar-refractivity contribution in [2.75, 3.05) is 16.8 Å². The number of anilines is 2. The first-order chi connectivity index (χ1) is 19.7. The minimum absolute atomic E-state index is 0.108. The van der Waals surface area contributed by atoms with Gasteiger partial charge in [0.2, 0.25) is 0 Å². The topological polar surface area (TPSA) is 111 Å². The molecule has 0 spiro atoms. The highest BCUT2D eigenvalue weighted by Gasteiger charge is 2.35. The van der Waals surface area contributed by atoms with Crippen LogP contribution in [0.25, 0.3) is 17.1 Å². The van der Waals surface area contributed by atoms with Crippen molar-refractivity contribution in [2.45, 2.75) is 33.2 Å². The second kappa shape index (κ2) is 10.4. The van der Waals surface area contributed by atoms with E-state index in [2.05, 4.69) is 36.7 Å². The molecule has 1 saturated heterocycles. The van der Waals surface area contributed by atoms with Crippen LogP contribution in [-0.4, -0.2) is 43.1 Å². The second-order valence-corrected chi connectivity index (χ2v) is 10.8. The molecule has 1 unspecified atom stereocenters. The van der Waals surface area contributed by atoms with E-state index in [0.29, 0.717) is 41.5 Å². The molecule has 3 aromatic heterocycles. The fourth-order valence-corrected chi connectivity index (χ4v) is 5.41. The number of halogens is 2. The summed E-state index contributed by atoms with van der Waals surface area (Å²) in [6.45, 7) is 6.03. The Hall–Kier alpha value is -4.58. The van der Waals surface area contributed by atoms with Gasteiger partial charge in [-0.25, -0.2) is 9.07 Å². The fraction of sp³-hybridized carbons (Fsp3) is 0.207. The molecule has 0 aliphatic carbocycles. The number of aryl methyl sites for hydroxylation is 2. The van der Waals surface area contributed by atoms with Crippen LogP contribution in [0.15, 0.2) is 69.8 Å². The number of hydrogen-bond donors (Lipinski definition) is 1. The molecule has 1 aliphatic rings. The van der Waals surface area contributed by atoms with Crippen molar-refractivity contribution >= 4 is 39.1 Å². The lowest BCUT2D eigenvalue weighted by Crippen LogP contribution is -2.28. The van der Waals surface area contributed by atoms with Crippen LogP contribution in [-0.2, 0) is 4.79 Å². The van der Waals surface area contributed by atoms with Gasteiger partial charge in [0, 0.05) is 45.4 Å². The summed E-state index contributed by atoms with van der Waals surface area (Å²) in [5.74, 6) is 0.265. The van der Waals surface area contributed by atoms with E-state index in [1.165, 1.54) is 22.9 Å². The highest BCUT2D eigenvalue weighted by molar-refractivity contribution is 9.10. The third kappa shape index (κ3) is 4.95. The molecule has 1 fully saturated rings. The van der Waals surface area contributed by atoms with Crippen LogP contribution < -0.4 is 10.2 Å². The van der Waals surface area contributed by atoms with Crippen molar-refractivity contribution in [3.8, 4) is 17.1 Å². The Morgan fingerprint density at radius 1 is 1.10 bits per heavy atom. The van der Waals surface area contributed by atoms with Gasteiger partial charge in [0.05, 0.1) is 11.8 Å². The van der Waals surface area contributed by atoms with Crippen molar-refractivity contribution in [1.82, 2.24) is 24.7 Å². The van der Waals surface area contributed by atoms with E-state index >= 15 is 0 Å². The molecular formula is C29H25BrFN7O3. The third-order valence-corrected chi connectivity index (χ3v) is 7.69. The fourth-order valence-electron chi connectivity index (χ4n) is 5.14. The Labute approximate surface area is 242 Å². The van der Waals surface area contributed by atoms with Crippen molar-refractivity contribution in [3.05, 3.63) is 93.8 Å². The molecule has 0 saturated carbocycles. The first-order valence-electron chi connectivity index (χ1n) is 12.9. The minimum Gasteiger partial charge on any atom is -0.360 e. The van der Waals surface area contributed by atoms with E-state index < -0.39 is 11.9 Å². The molecule has 6 rings (SSSR count). The van der Waals surface area contributed by atoms with E-state index in [4.69, 9.17) is 4.52 Å². The molecule has 12 heteroatoms. The predicted octanol–water partition coefficient (Wildman–Crippen LogP) is 5.78. The summed E-state index contributed by atoms with van der Waals surface area (Å²) in [5.41, 5.74) is 3.57. The lowest BCUT2D eigenvalue weighted by atomic mass is 10.1. The van der Waals surface area contributed by atoms with Crippen molar-refractivity contribution in [2.24, 2.45) is 0 Å². The first-order valence-corrected chi connectivity index (χ1v) is 13.7. The molecule has 0 bridgehead atoms. The molecule has 2 aromatic carbocycles. The number of carbonyl (C=O) groups is 2. The number of benzene rings is 2. The van der Waals surface area contributed by atoms with Gasteiger partial charge in [0.15, 0.2) is 5.82 Å². The molecular weight excluding hydrogens is 593 g/mol. The zero-order chi connectivity index (χ0) is 28.8. The maximum absolute atomic E-state index is 14.9. The van der Waals surface area contributed by atoms with Gasteiger partial charge in [-0.2, -0.15) is 0 Å². The standard InChI is InChI=1S/C29H25BrFN7O3/c1-16-12-22(18(3)38(16)27-13-17(2)41-34-27)28(39)32-20-6-9-24(31)23(14-20)25-15-37(35-33-25)26-10-11-36(29(26)40)21-7-4-19(30)5-8-21/h4-9,12-15,26H,10-11H2,1-3H3,(H,32,39). The van der Waals surface area contributed by atoms with Gasteiger partial charge in [-0.1, -0.05) is 26.3 Å². The Balaban J connectivity index is 1.21. The van der Waals surface area contributed by atoms with E-state index in [9.17, 15) is 14.0 Å². The summed E-state index contributed by atoms with van der Waals surface area (Å²) in [4.78, 5) is 28.1. The Morgan fingerprint density at radius 2 is 1.88 bits per heavy atom. The summed E-state index contributed by atoms with van der Waals surface area (Å²) >= 11 is 3.41. The van der Waals surface area contributed by atoms with E-state index in [1.807, 2.05) is 42.7 Å². The largest absolute Gasteiger partial charge is 0.360 e. The highest BCUT2D eigenvalue weighted by atomic mass is 79.9. The molecule has 1 atom stereocenters. The summed E-state index contributed by atoms with van der Waals surface area (Å²) in [7, 11) is 0. The van der Waals surface area contributed by atoms with Gasteiger partial charge in [-0.3, -0.25) is 14.2 Å². The number of nitrogens with zero attached hydrogens (tertiary/aromatic N) is 6. The molecule has 41 heavy (non-hydrogen) atoms. The SMILES string of the molecule is Cc1cc(-n2c(C)cc(C(=O)Nc3ccc(F)c(-c4cn(C5CCN(c6ccc(Br)cc6)C5=O)nn4)c3)c2C)no1. The number of hydrogen-bond acceptors (Lipinski definition) is 6. The van der Waals surface area contributed by atoms with Crippen LogP contribution in [0, 0.1) is 26.6 Å². The predicted molar refractivity (Wildman–Crippen MR) is 154 cm³/mol. The number of nitrogens with one attached hydrogen (secondary N) is 1. The molecule has 4 heterocycles. The minimum atomic E-state index is -0.547. The zero-order valence-electron chi connectivity index (χ0n) is 22.4. The van der Waals surface area contributed by atoms with Crippen LogP contribution in [0.2, 0.25) is 0 Å². The van der Waals surface area contributed by atoms with Crippen molar-refractivity contribution in [1.29, 1.82) is 0 Å². The number of amides is 2. The van der Waals surface area contributed by atoms with Crippen molar-refractivity contribution < 1.29 is 18.5 Å². The number of rotatable bonds is 6. The lowest BCUT2D eigenvalue weighted by molar-refractivity contribution is -0.120. The average Bonchev–Trinajstić information content (AvgIpc) is 3.73. The summed E-state index contributed by atoms with van der Waals surface area (Å²) in [6, 6.07) is 14.8. The Kier molecular flexibility index (Phi) is 6.78. The maximum Gasteiger partial charge on any atom is 0.257 e. The Morgan fingerprint density at radius 3 is 2.61 bits per heavy atom. The van der Waals surface area contributed by atoms with E-state index in [-0.39, 0.29) is 23.1 Å². The molecule has 0 radical (unpaired) electrons. The van der Waals surface area contributed by atoms with Crippen LogP contribution in [0.3, 0.4) is 0 Å². The van der Waals surface area contributed by atoms with Crippen molar-refractivity contribution in [3.63, 3.8) is 0 Å². The maximum atomic E-state index is 14.9. The monoisotopic (exact) mass is 617 g/mol. The smallest absolute Gasteiger partial charge is 0.257 e. The van der Waals surface area contributed by atoms with Crippen LogP contribution >= 0.6 is 15.9 Å². The Bertz CT molecular complexity index is 1790.